The van der Waals surface area contributed by atoms with Gasteiger partial charge in [0.05, 0.1) is 0 Å². The van der Waals surface area contributed by atoms with Crippen LogP contribution in [0, 0.1) is 0 Å². The molecule has 4 aromatic rings. The first-order chi connectivity index (χ1) is 14.2. The molecule has 0 aliphatic heterocycles. The molecular weight excluding hydrogens is 366 g/mol. The van der Waals surface area contributed by atoms with Crippen molar-refractivity contribution in [3.05, 3.63) is 94.3 Å². The molecule has 1 heterocycles. The molecule has 142 valence electrons. The standard InChI is InChI=1S/C24H17NO4/c26-23(14-28-19-8-5-15-6-10-24(27)29-22(15)13-19)25-18-7-9-21-17(12-18)11-16-3-1-2-4-20(16)21/h1-10,12-13H,11,14H2,(H,25,26). The highest BCUT2D eigenvalue weighted by Crippen LogP contribution is 2.37. The first kappa shape index (κ1) is 17.3. The number of anilines is 1. The van der Waals surface area contributed by atoms with Gasteiger partial charge < -0.3 is 14.5 Å². The molecule has 0 atom stereocenters. The molecule has 29 heavy (non-hydrogen) atoms. The van der Waals surface area contributed by atoms with Gasteiger partial charge in [-0.1, -0.05) is 30.3 Å². The lowest BCUT2D eigenvalue weighted by molar-refractivity contribution is -0.118. The molecule has 1 aromatic heterocycles. The highest BCUT2D eigenvalue weighted by atomic mass is 16.5. The Hall–Kier alpha value is -3.86. The number of ether oxygens (including phenoxy) is 1. The van der Waals surface area contributed by atoms with E-state index in [-0.39, 0.29) is 12.5 Å². The van der Waals surface area contributed by atoms with Gasteiger partial charge in [0.1, 0.15) is 11.3 Å². The predicted octanol–water partition coefficient (Wildman–Crippen LogP) is 4.38. The predicted molar refractivity (Wildman–Crippen MR) is 111 cm³/mol. The molecule has 5 heteroatoms. The summed E-state index contributed by atoms with van der Waals surface area (Å²) in [7, 11) is 0. The number of amides is 1. The van der Waals surface area contributed by atoms with Crippen LogP contribution in [0.3, 0.4) is 0 Å². The summed E-state index contributed by atoms with van der Waals surface area (Å²) < 4.78 is 10.7. The van der Waals surface area contributed by atoms with Gasteiger partial charge in [-0.3, -0.25) is 4.79 Å². The van der Waals surface area contributed by atoms with Gasteiger partial charge in [0.2, 0.25) is 0 Å². The molecule has 0 radical (unpaired) electrons. The van der Waals surface area contributed by atoms with Gasteiger partial charge in [-0.25, -0.2) is 4.79 Å². The van der Waals surface area contributed by atoms with Crippen molar-refractivity contribution < 1.29 is 13.9 Å². The van der Waals surface area contributed by atoms with Gasteiger partial charge in [0.15, 0.2) is 6.61 Å². The lowest BCUT2D eigenvalue weighted by Crippen LogP contribution is -2.20. The first-order valence-corrected chi connectivity index (χ1v) is 9.33. The summed E-state index contributed by atoms with van der Waals surface area (Å²) in [6, 6.07) is 22.5. The number of carbonyl (C=O) groups excluding carboxylic acids is 1. The third-order valence-corrected chi connectivity index (χ3v) is 5.04. The number of fused-ring (bicyclic) bond motifs is 4. The van der Waals surface area contributed by atoms with E-state index in [2.05, 4.69) is 17.4 Å². The topological polar surface area (TPSA) is 68.5 Å². The van der Waals surface area contributed by atoms with E-state index in [1.165, 1.54) is 28.3 Å². The Morgan fingerprint density at radius 1 is 0.931 bits per heavy atom. The van der Waals surface area contributed by atoms with Crippen molar-refractivity contribution in [3.8, 4) is 16.9 Å². The summed E-state index contributed by atoms with van der Waals surface area (Å²) in [5.74, 6) is 0.210. The molecule has 3 aromatic carbocycles. The average molecular weight is 383 g/mol. The Labute approximate surface area is 166 Å². The van der Waals surface area contributed by atoms with Crippen LogP contribution in [-0.2, 0) is 11.2 Å². The summed E-state index contributed by atoms with van der Waals surface area (Å²) in [6.45, 7) is -0.139. The zero-order chi connectivity index (χ0) is 19.8. The molecule has 0 fully saturated rings. The van der Waals surface area contributed by atoms with E-state index in [4.69, 9.17) is 9.15 Å². The lowest BCUT2D eigenvalue weighted by Gasteiger charge is -2.09. The highest BCUT2D eigenvalue weighted by Gasteiger charge is 2.18. The molecule has 5 nitrogen and oxygen atoms in total. The number of hydrogen-bond acceptors (Lipinski definition) is 4. The quantitative estimate of drug-likeness (QED) is 0.468. The van der Waals surface area contributed by atoms with Crippen LogP contribution in [0.1, 0.15) is 11.1 Å². The second kappa shape index (κ2) is 6.95. The van der Waals surface area contributed by atoms with E-state index in [9.17, 15) is 9.59 Å². The minimum Gasteiger partial charge on any atom is -0.484 e. The first-order valence-electron chi connectivity index (χ1n) is 9.33. The molecule has 0 saturated carbocycles. The second-order valence-corrected chi connectivity index (χ2v) is 7.00. The minimum atomic E-state index is -0.425. The van der Waals surface area contributed by atoms with Gasteiger partial charge in [-0.2, -0.15) is 0 Å². The number of rotatable bonds is 4. The van der Waals surface area contributed by atoms with Crippen LogP contribution in [0.5, 0.6) is 5.75 Å². The van der Waals surface area contributed by atoms with Crippen molar-refractivity contribution in [2.24, 2.45) is 0 Å². The normalized spacial score (nSPS) is 11.7. The maximum Gasteiger partial charge on any atom is 0.336 e. The molecule has 5 rings (SSSR count). The van der Waals surface area contributed by atoms with E-state index in [0.29, 0.717) is 11.3 Å². The zero-order valence-corrected chi connectivity index (χ0v) is 15.5. The minimum absolute atomic E-state index is 0.139. The van der Waals surface area contributed by atoms with E-state index in [1.807, 2.05) is 30.3 Å². The molecule has 0 unspecified atom stereocenters. The Morgan fingerprint density at radius 3 is 2.69 bits per heavy atom. The van der Waals surface area contributed by atoms with Gasteiger partial charge in [-0.05, 0) is 59.0 Å². The van der Waals surface area contributed by atoms with Crippen molar-refractivity contribution in [2.45, 2.75) is 6.42 Å². The molecule has 1 aliphatic rings. The lowest BCUT2D eigenvalue weighted by atomic mass is 10.1. The Kier molecular flexibility index (Phi) is 4.13. The SMILES string of the molecule is O=C(COc1ccc2ccc(=O)oc2c1)Nc1ccc2c(c1)Cc1ccccc1-2. The summed E-state index contributed by atoms with van der Waals surface area (Å²) in [5.41, 5.74) is 5.72. The smallest absolute Gasteiger partial charge is 0.336 e. The van der Waals surface area contributed by atoms with Gasteiger partial charge >= 0.3 is 5.63 Å². The summed E-state index contributed by atoms with van der Waals surface area (Å²) in [6.07, 6.45) is 0.869. The Balaban J connectivity index is 1.26. The van der Waals surface area contributed by atoms with Crippen molar-refractivity contribution in [1.29, 1.82) is 0 Å². The van der Waals surface area contributed by atoms with Gasteiger partial charge in [0, 0.05) is 23.2 Å². The fourth-order valence-corrected chi connectivity index (χ4v) is 3.70. The molecular formula is C24H17NO4. The van der Waals surface area contributed by atoms with Crippen molar-refractivity contribution in [1.82, 2.24) is 0 Å². The van der Waals surface area contributed by atoms with Crippen LogP contribution in [0.4, 0.5) is 5.69 Å². The van der Waals surface area contributed by atoms with Gasteiger partial charge in [0.25, 0.3) is 5.91 Å². The van der Waals surface area contributed by atoms with E-state index in [0.717, 1.165) is 17.5 Å². The number of hydrogen-bond donors (Lipinski definition) is 1. The third-order valence-electron chi connectivity index (χ3n) is 5.04. The number of benzene rings is 3. The Bertz CT molecular complexity index is 1310. The number of nitrogens with one attached hydrogen (secondary N) is 1. The largest absolute Gasteiger partial charge is 0.484 e. The maximum absolute atomic E-state index is 12.3. The van der Waals surface area contributed by atoms with Crippen LogP contribution in [0.15, 0.2) is 82.0 Å². The van der Waals surface area contributed by atoms with Crippen LogP contribution in [0.2, 0.25) is 0 Å². The van der Waals surface area contributed by atoms with Crippen molar-refractivity contribution in [3.63, 3.8) is 0 Å². The molecule has 1 amide bonds. The third kappa shape index (κ3) is 3.38. The van der Waals surface area contributed by atoms with Crippen LogP contribution in [-0.4, -0.2) is 12.5 Å². The average Bonchev–Trinajstić information content (AvgIpc) is 3.09. The summed E-state index contributed by atoms with van der Waals surface area (Å²) >= 11 is 0. The molecule has 1 aliphatic carbocycles. The van der Waals surface area contributed by atoms with E-state index >= 15 is 0 Å². The maximum atomic E-state index is 12.3. The molecule has 0 spiro atoms. The summed E-state index contributed by atoms with van der Waals surface area (Å²) in [5, 5.41) is 3.67. The fraction of sp³-hybridized carbons (Fsp3) is 0.0833. The van der Waals surface area contributed by atoms with Crippen LogP contribution >= 0.6 is 0 Å². The molecule has 0 saturated heterocycles. The van der Waals surface area contributed by atoms with Crippen LogP contribution < -0.4 is 15.7 Å². The van der Waals surface area contributed by atoms with E-state index < -0.39 is 5.63 Å². The van der Waals surface area contributed by atoms with Crippen molar-refractivity contribution in [2.75, 3.05) is 11.9 Å². The second-order valence-electron chi connectivity index (χ2n) is 7.00. The monoisotopic (exact) mass is 383 g/mol. The van der Waals surface area contributed by atoms with Gasteiger partial charge in [-0.15, -0.1) is 0 Å². The van der Waals surface area contributed by atoms with Crippen molar-refractivity contribution >= 4 is 22.6 Å². The number of carbonyl (C=O) groups is 1. The molecule has 1 N–H and O–H groups in total. The Morgan fingerprint density at radius 2 is 1.76 bits per heavy atom. The van der Waals surface area contributed by atoms with E-state index in [1.54, 1.807) is 24.3 Å². The zero-order valence-electron chi connectivity index (χ0n) is 15.5. The van der Waals surface area contributed by atoms with Crippen LogP contribution in [0.25, 0.3) is 22.1 Å². The summed E-state index contributed by atoms with van der Waals surface area (Å²) in [4.78, 5) is 23.7. The highest BCUT2D eigenvalue weighted by molar-refractivity contribution is 5.93. The fourth-order valence-electron chi connectivity index (χ4n) is 3.70. The molecule has 0 bridgehead atoms.